The molecule has 0 amide bonds. The Kier molecular flexibility index (Phi) is 3.99. The molecule has 1 fully saturated rings. The number of hydrogen-bond donors (Lipinski definition) is 2. The predicted octanol–water partition coefficient (Wildman–Crippen LogP) is 2.35. The van der Waals surface area contributed by atoms with E-state index < -0.39 is 5.60 Å². The van der Waals surface area contributed by atoms with E-state index in [0.717, 1.165) is 49.4 Å². The number of nitrogens with two attached hydrogens (primary N) is 1. The van der Waals surface area contributed by atoms with E-state index in [4.69, 9.17) is 5.73 Å². The van der Waals surface area contributed by atoms with Crippen LogP contribution in [0.5, 0.6) is 0 Å². The summed E-state index contributed by atoms with van der Waals surface area (Å²) in [5.41, 5.74) is 7.05. The van der Waals surface area contributed by atoms with E-state index in [-0.39, 0.29) is 0 Å². The lowest BCUT2D eigenvalue weighted by Crippen LogP contribution is -2.37. The number of anilines is 2. The Bertz CT molecular complexity index is 432. The van der Waals surface area contributed by atoms with Crippen LogP contribution in [-0.2, 0) is 0 Å². The molecule has 4 nitrogen and oxygen atoms in total. The Morgan fingerprint density at radius 2 is 2.05 bits per heavy atom. The Labute approximate surface area is 115 Å². The molecule has 19 heavy (non-hydrogen) atoms. The van der Waals surface area contributed by atoms with Crippen molar-refractivity contribution >= 4 is 11.5 Å². The fraction of sp³-hybridized carbons (Fsp3) is 0.667. The summed E-state index contributed by atoms with van der Waals surface area (Å²) in [6.07, 6.45) is 4.85. The van der Waals surface area contributed by atoms with Gasteiger partial charge in [0.2, 0.25) is 0 Å². The number of rotatable bonds is 3. The molecule has 1 aromatic heterocycles. The van der Waals surface area contributed by atoms with Crippen molar-refractivity contribution in [1.82, 2.24) is 4.98 Å². The lowest BCUT2D eigenvalue weighted by Gasteiger charge is -2.35. The molecule has 1 saturated heterocycles. The van der Waals surface area contributed by atoms with Crippen molar-refractivity contribution in [2.75, 3.05) is 23.7 Å². The summed E-state index contributed by atoms with van der Waals surface area (Å²) in [6.45, 7) is 7.87. The monoisotopic (exact) mass is 263 g/mol. The Morgan fingerprint density at radius 1 is 1.42 bits per heavy atom. The van der Waals surface area contributed by atoms with Crippen molar-refractivity contribution in [2.24, 2.45) is 5.92 Å². The van der Waals surface area contributed by atoms with Gasteiger partial charge in [0.25, 0.3) is 0 Å². The Balaban J connectivity index is 1.96. The first-order valence-electron chi connectivity index (χ1n) is 7.04. The van der Waals surface area contributed by atoms with E-state index in [1.165, 1.54) is 0 Å². The molecular formula is C15H25N3O. The van der Waals surface area contributed by atoms with E-state index in [9.17, 15) is 5.11 Å². The van der Waals surface area contributed by atoms with Crippen LogP contribution in [0.2, 0.25) is 0 Å². The van der Waals surface area contributed by atoms with Crippen molar-refractivity contribution in [1.29, 1.82) is 0 Å². The molecule has 0 atom stereocenters. The number of nitrogen functional groups attached to an aromatic ring is 1. The molecule has 2 heterocycles. The van der Waals surface area contributed by atoms with Gasteiger partial charge in [0, 0.05) is 13.1 Å². The fourth-order valence-electron chi connectivity index (χ4n) is 2.98. The average molecular weight is 263 g/mol. The van der Waals surface area contributed by atoms with Crippen LogP contribution in [0.3, 0.4) is 0 Å². The van der Waals surface area contributed by atoms with Gasteiger partial charge in [0.05, 0.1) is 17.5 Å². The second-order valence-electron chi connectivity index (χ2n) is 6.36. The summed E-state index contributed by atoms with van der Waals surface area (Å²) >= 11 is 0. The van der Waals surface area contributed by atoms with Gasteiger partial charge in [0.1, 0.15) is 5.82 Å². The van der Waals surface area contributed by atoms with Crippen LogP contribution in [-0.4, -0.2) is 28.8 Å². The molecule has 1 aliphatic heterocycles. The molecule has 1 aromatic rings. The molecule has 3 N–H and O–H groups in total. The van der Waals surface area contributed by atoms with Gasteiger partial charge < -0.3 is 15.7 Å². The van der Waals surface area contributed by atoms with Crippen LogP contribution in [0.4, 0.5) is 11.5 Å². The van der Waals surface area contributed by atoms with Gasteiger partial charge in [-0.2, -0.15) is 0 Å². The van der Waals surface area contributed by atoms with Crippen LogP contribution in [0.15, 0.2) is 12.3 Å². The third kappa shape index (κ3) is 3.83. The zero-order chi connectivity index (χ0) is 14.0. The summed E-state index contributed by atoms with van der Waals surface area (Å²) in [5.74, 6) is 1.67. The highest BCUT2D eigenvalue weighted by molar-refractivity contribution is 5.52. The number of hydrogen-bond acceptors (Lipinski definition) is 4. The molecule has 0 radical (unpaired) electrons. The minimum absolute atomic E-state index is 0.553. The lowest BCUT2D eigenvalue weighted by atomic mass is 9.86. The highest BCUT2D eigenvalue weighted by Gasteiger charge is 2.25. The largest absolute Gasteiger partial charge is 0.397 e. The quantitative estimate of drug-likeness (QED) is 0.878. The zero-order valence-corrected chi connectivity index (χ0v) is 12.2. The van der Waals surface area contributed by atoms with Crippen molar-refractivity contribution in [3.8, 4) is 0 Å². The number of aromatic nitrogens is 1. The van der Waals surface area contributed by atoms with Crippen molar-refractivity contribution in [2.45, 2.75) is 45.6 Å². The second-order valence-corrected chi connectivity index (χ2v) is 6.36. The van der Waals surface area contributed by atoms with E-state index in [1.807, 2.05) is 19.9 Å². The van der Waals surface area contributed by atoms with E-state index in [2.05, 4.69) is 16.8 Å². The second kappa shape index (κ2) is 5.37. The van der Waals surface area contributed by atoms with Crippen molar-refractivity contribution in [3.05, 3.63) is 17.8 Å². The maximum atomic E-state index is 9.89. The number of nitrogens with zero attached hydrogens (tertiary/aromatic N) is 2. The average Bonchev–Trinajstić information content (AvgIpc) is 2.28. The van der Waals surface area contributed by atoms with Gasteiger partial charge in [-0.15, -0.1) is 0 Å². The van der Waals surface area contributed by atoms with E-state index in [0.29, 0.717) is 5.92 Å². The minimum Gasteiger partial charge on any atom is -0.397 e. The molecule has 4 heteroatoms. The van der Waals surface area contributed by atoms with Crippen molar-refractivity contribution < 1.29 is 5.11 Å². The third-order valence-electron chi connectivity index (χ3n) is 3.77. The Morgan fingerprint density at radius 3 is 2.58 bits per heavy atom. The molecule has 0 aromatic carbocycles. The first-order chi connectivity index (χ1) is 8.85. The van der Waals surface area contributed by atoms with Crippen molar-refractivity contribution in [3.63, 3.8) is 0 Å². The number of pyridine rings is 1. The van der Waals surface area contributed by atoms with E-state index >= 15 is 0 Å². The van der Waals surface area contributed by atoms with Crippen LogP contribution in [0, 0.1) is 12.8 Å². The van der Waals surface area contributed by atoms with Gasteiger partial charge in [-0.25, -0.2) is 4.98 Å². The van der Waals surface area contributed by atoms with Crippen LogP contribution in [0.25, 0.3) is 0 Å². The van der Waals surface area contributed by atoms with Crippen LogP contribution < -0.4 is 10.6 Å². The molecule has 0 unspecified atom stereocenters. The van der Waals surface area contributed by atoms with Gasteiger partial charge in [-0.1, -0.05) is 0 Å². The summed E-state index contributed by atoms with van der Waals surface area (Å²) < 4.78 is 0. The van der Waals surface area contributed by atoms with E-state index in [1.54, 1.807) is 6.20 Å². The summed E-state index contributed by atoms with van der Waals surface area (Å²) in [5, 5.41) is 9.89. The van der Waals surface area contributed by atoms with Crippen LogP contribution >= 0.6 is 0 Å². The first-order valence-corrected chi connectivity index (χ1v) is 7.04. The topological polar surface area (TPSA) is 62.4 Å². The zero-order valence-electron chi connectivity index (χ0n) is 12.2. The highest BCUT2D eigenvalue weighted by atomic mass is 16.3. The highest BCUT2D eigenvalue weighted by Crippen LogP contribution is 2.29. The first kappa shape index (κ1) is 14.1. The summed E-state index contributed by atoms with van der Waals surface area (Å²) in [6, 6.07) is 1.98. The molecule has 0 bridgehead atoms. The number of piperidine rings is 1. The minimum atomic E-state index is -0.553. The van der Waals surface area contributed by atoms with Gasteiger partial charge in [0.15, 0.2) is 0 Å². The standard InChI is InChI=1S/C15H25N3O/c1-11-8-13(16)10-17-14(11)18-6-4-12(5-7-18)9-15(2,3)19/h8,10,12,19H,4-7,9,16H2,1-3H3. The third-order valence-corrected chi connectivity index (χ3v) is 3.77. The summed E-state index contributed by atoms with van der Waals surface area (Å²) in [7, 11) is 0. The maximum absolute atomic E-state index is 9.89. The number of aryl methyl sites for hydroxylation is 1. The van der Waals surface area contributed by atoms with Crippen LogP contribution in [0.1, 0.15) is 38.7 Å². The smallest absolute Gasteiger partial charge is 0.131 e. The fourth-order valence-corrected chi connectivity index (χ4v) is 2.98. The normalized spacial score (nSPS) is 17.8. The SMILES string of the molecule is Cc1cc(N)cnc1N1CCC(CC(C)(C)O)CC1. The molecule has 106 valence electrons. The molecule has 2 rings (SSSR count). The molecular weight excluding hydrogens is 238 g/mol. The Hall–Kier alpha value is -1.29. The molecule has 0 saturated carbocycles. The summed E-state index contributed by atoms with van der Waals surface area (Å²) in [4.78, 5) is 6.78. The lowest BCUT2D eigenvalue weighted by molar-refractivity contribution is 0.0482. The molecule has 1 aliphatic rings. The van der Waals surface area contributed by atoms with Gasteiger partial charge in [-0.3, -0.25) is 0 Å². The molecule has 0 aliphatic carbocycles. The van der Waals surface area contributed by atoms with Gasteiger partial charge >= 0.3 is 0 Å². The van der Waals surface area contributed by atoms with Gasteiger partial charge in [-0.05, 0) is 57.6 Å². The predicted molar refractivity (Wildman–Crippen MR) is 79.2 cm³/mol. The molecule has 0 spiro atoms. The maximum Gasteiger partial charge on any atom is 0.131 e. The number of aliphatic hydroxyl groups is 1.